The summed E-state index contributed by atoms with van der Waals surface area (Å²) in [6, 6.07) is 0.567. The van der Waals surface area contributed by atoms with Gasteiger partial charge in [-0.15, -0.1) is 16.7 Å². The molecule has 1 aromatic heterocycles. The van der Waals surface area contributed by atoms with Crippen molar-refractivity contribution in [2.75, 3.05) is 6.61 Å². The molecule has 0 saturated heterocycles. The van der Waals surface area contributed by atoms with Crippen LogP contribution in [0.1, 0.15) is 26.6 Å². The monoisotopic (exact) mass is 217 g/mol. The van der Waals surface area contributed by atoms with Crippen molar-refractivity contribution in [3.05, 3.63) is 5.82 Å². The van der Waals surface area contributed by atoms with Crippen molar-refractivity contribution in [1.82, 2.24) is 14.8 Å². The van der Waals surface area contributed by atoms with E-state index in [1.54, 1.807) is 0 Å². The van der Waals surface area contributed by atoms with Gasteiger partial charge in [0.05, 0.1) is 12.5 Å². The minimum atomic E-state index is 0.368. The van der Waals surface area contributed by atoms with E-state index in [1.165, 1.54) is 0 Å². The normalized spacial score (nSPS) is 10.9. The van der Waals surface area contributed by atoms with E-state index in [4.69, 9.17) is 16.3 Å². The number of alkyl halides is 1. The van der Waals surface area contributed by atoms with Gasteiger partial charge < -0.3 is 4.74 Å². The summed E-state index contributed by atoms with van der Waals surface area (Å²) in [5.41, 5.74) is 0. The smallest absolute Gasteiger partial charge is 0.316 e. The summed E-state index contributed by atoms with van der Waals surface area (Å²) in [5.74, 6) is 1.66. The van der Waals surface area contributed by atoms with Crippen LogP contribution in [0.25, 0.3) is 0 Å². The van der Waals surface area contributed by atoms with Crippen LogP contribution in [0.5, 0.6) is 6.01 Å². The van der Waals surface area contributed by atoms with Crippen molar-refractivity contribution >= 4 is 11.6 Å². The van der Waals surface area contributed by atoms with Gasteiger partial charge in [0.1, 0.15) is 0 Å². The minimum absolute atomic E-state index is 0.368. The van der Waals surface area contributed by atoms with Crippen LogP contribution in [0.2, 0.25) is 0 Å². The summed E-state index contributed by atoms with van der Waals surface area (Å²) in [7, 11) is 0. The zero-order valence-corrected chi connectivity index (χ0v) is 9.58. The Morgan fingerprint density at radius 2 is 2.14 bits per heavy atom. The number of aromatic nitrogens is 3. The highest BCUT2D eigenvalue weighted by molar-refractivity contribution is 6.16. The highest BCUT2D eigenvalue weighted by Gasteiger charge is 2.12. The number of nitrogens with zero attached hydrogens (tertiary/aromatic N) is 3. The third kappa shape index (κ3) is 2.61. The van der Waals surface area contributed by atoms with E-state index in [0.717, 1.165) is 12.4 Å². The summed E-state index contributed by atoms with van der Waals surface area (Å²) in [6.07, 6.45) is 0. The van der Waals surface area contributed by atoms with Crippen LogP contribution in [0.3, 0.4) is 0 Å². The molecule has 0 spiro atoms. The van der Waals surface area contributed by atoms with Crippen LogP contribution in [-0.4, -0.2) is 21.4 Å². The topological polar surface area (TPSA) is 39.9 Å². The number of hydrogen-bond acceptors (Lipinski definition) is 3. The van der Waals surface area contributed by atoms with Crippen molar-refractivity contribution in [3.8, 4) is 6.01 Å². The molecule has 1 heterocycles. The average Bonchev–Trinajstić information content (AvgIpc) is 2.48. The highest BCUT2D eigenvalue weighted by atomic mass is 35.5. The van der Waals surface area contributed by atoms with Gasteiger partial charge in [0.15, 0.2) is 5.82 Å². The van der Waals surface area contributed by atoms with E-state index < -0.39 is 0 Å². The molecule has 4 nitrogen and oxygen atoms in total. The predicted octanol–water partition coefficient (Wildman–Crippen LogP) is 2.07. The van der Waals surface area contributed by atoms with Gasteiger partial charge in [0.2, 0.25) is 0 Å². The first-order chi connectivity index (χ1) is 6.69. The maximum absolute atomic E-state index is 5.75. The zero-order valence-electron chi connectivity index (χ0n) is 8.83. The number of rotatable bonds is 5. The lowest BCUT2D eigenvalue weighted by atomic mass is 10.2. The predicted molar refractivity (Wildman–Crippen MR) is 55.6 cm³/mol. The maximum atomic E-state index is 5.75. The molecule has 0 bridgehead atoms. The first kappa shape index (κ1) is 11.3. The van der Waals surface area contributed by atoms with Crippen LogP contribution in [-0.2, 0) is 12.4 Å². The molecule has 0 atom stereocenters. The molecule has 0 N–H and O–H groups in total. The molecule has 0 radical (unpaired) electrons. The molecule has 0 unspecified atom stereocenters. The molecule has 1 rings (SSSR count). The molecule has 0 aliphatic carbocycles. The van der Waals surface area contributed by atoms with Gasteiger partial charge in [-0.25, -0.2) is 0 Å². The zero-order chi connectivity index (χ0) is 10.6. The lowest BCUT2D eigenvalue weighted by molar-refractivity contribution is 0.287. The Kier molecular flexibility index (Phi) is 4.20. The van der Waals surface area contributed by atoms with Crippen molar-refractivity contribution in [3.63, 3.8) is 0 Å². The fourth-order valence-electron chi connectivity index (χ4n) is 1.20. The maximum Gasteiger partial charge on any atom is 0.316 e. The summed E-state index contributed by atoms with van der Waals surface area (Å²) >= 11 is 5.75. The van der Waals surface area contributed by atoms with E-state index in [1.807, 2.05) is 11.5 Å². The lowest BCUT2D eigenvalue weighted by Crippen LogP contribution is -2.10. The van der Waals surface area contributed by atoms with E-state index in [0.29, 0.717) is 24.4 Å². The molecular weight excluding hydrogens is 202 g/mol. The first-order valence-electron chi connectivity index (χ1n) is 4.79. The van der Waals surface area contributed by atoms with E-state index in [9.17, 15) is 0 Å². The van der Waals surface area contributed by atoms with Gasteiger partial charge in [0, 0.05) is 6.54 Å². The highest BCUT2D eigenvalue weighted by Crippen LogP contribution is 2.14. The third-order valence-electron chi connectivity index (χ3n) is 1.73. The summed E-state index contributed by atoms with van der Waals surface area (Å²) in [5, 5.41) is 7.90. The Balaban J connectivity index is 2.87. The molecule has 80 valence electrons. The van der Waals surface area contributed by atoms with Crippen LogP contribution in [0.15, 0.2) is 0 Å². The summed E-state index contributed by atoms with van der Waals surface area (Å²) < 4.78 is 7.28. The number of halogens is 1. The number of hydrogen-bond donors (Lipinski definition) is 0. The van der Waals surface area contributed by atoms with Gasteiger partial charge >= 0.3 is 6.01 Å². The van der Waals surface area contributed by atoms with Crippen LogP contribution in [0, 0.1) is 5.92 Å². The van der Waals surface area contributed by atoms with Crippen molar-refractivity contribution in [2.45, 2.75) is 33.2 Å². The van der Waals surface area contributed by atoms with Crippen LogP contribution in [0.4, 0.5) is 0 Å². The Morgan fingerprint density at radius 3 is 2.64 bits per heavy atom. The summed E-state index contributed by atoms with van der Waals surface area (Å²) in [6.45, 7) is 7.62. The van der Waals surface area contributed by atoms with Crippen molar-refractivity contribution in [1.29, 1.82) is 0 Å². The van der Waals surface area contributed by atoms with E-state index in [-0.39, 0.29) is 0 Å². The molecular formula is C9H16ClN3O. The molecule has 0 aliphatic heterocycles. The van der Waals surface area contributed by atoms with E-state index in [2.05, 4.69) is 24.0 Å². The Bertz CT molecular complexity index is 286. The van der Waals surface area contributed by atoms with Crippen LogP contribution >= 0.6 is 11.6 Å². The fourth-order valence-corrected chi connectivity index (χ4v) is 1.40. The average molecular weight is 218 g/mol. The summed E-state index contributed by atoms with van der Waals surface area (Å²) in [4.78, 5) is 0. The molecule has 14 heavy (non-hydrogen) atoms. The van der Waals surface area contributed by atoms with Gasteiger partial charge in [-0.05, 0) is 12.8 Å². The third-order valence-corrected chi connectivity index (χ3v) is 1.97. The van der Waals surface area contributed by atoms with Gasteiger partial charge in [-0.3, -0.25) is 4.57 Å². The second-order valence-corrected chi connectivity index (χ2v) is 3.74. The number of ether oxygens (including phenoxy) is 1. The van der Waals surface area contributed by atoms with Crippen molar-refractivity contribution < 1.29 is 4.74 Å². The Morgan fingerprint density at radius 1 is 1.43 bits per heavy atom. The molecule has 0 fully saturated rings. The second-order valence-electron chi connectivity index (χ2n) is 3.47. The lowest BCUT2D eigenvalue weighted by Gasteiger charge is -2.10. The molecule has 0 aromatic carbocycles. The fraction of sp³-hybridized carbons (Fsp3) is 0.778. The largest absolute Gasteiger partial charge is 0.464 e. The van der Waals surface area contributed by atoms with Crippen molar-refractivity contribution in [2.24, 2.45) is 5.92 Å². The molecule has 5 heteroatoms. The second kappa shape index (κ2) is 5.20. The molecule has 1 aromatic rings. The van der Waals surface area contributed by atoms with Gasteiger partial charge in [-0.1, -0.05) is 18.9 Å². The standard InChI is InChI=1S/C9H16ClN3O/c1-4-14-9-12-11-8(5-10)13(9)6-7(2)3/h7H,4-6H2,1-3H3. The minimum Gasteiger partial charge on any atom is -0.464 e. The van der Waals surface area contributed by atoms with Gasteiger partial charge in [0.25, 0.3) is 0 Å². The van der Waals surface area contributed by atoms with E-state index >= 15 is 0 Å². The Labute approximate surface area is 89.2 Å². The molecule has 0 aliphatic rings. The van der Waals surface area contributed by atoms with Gasteiger partial charge in [-0.2, -0.15) is 0 Å². The van der Waals surface area contributed by atoms with Crippen LogP contribution < -0.4 is 4.74 Å². The molecule has 0 saturated carbocycles. The quantitative estimate of drug-likeness (QED) is 0.709. The SMILES string of the molecule is CCOc1nnc(CCl)n1CC(C)C. The molecule has 0 amide bonds. The Hall–Kier alpha value is -0.770. The first-order valence-corrected chi connectivity index (χ1v) is 5.33.